The summed E-state index contributed by atoms with van der Waals surface area (Å²) < 4.78 is 0. The molecule has 2 aromatic rings. The fraction of sp³-hybridized carbons (Fsp3) is 0.294. The molecule has 0 unspecified atom stereocenters. The molecule has 0 bridgehead atoms. The zero-order valence-corrected chi connectivity index (χ0v) is 13.7. The molecule has 3 rings (SSSR count). The maximum absolute atomic E-state index is 11.6. The third kappa shape index (κ3) is 3.52. The van der Waals surface area contributed by atoms with Gasteiger partial charge in [-0.2, -0.15) is 0 Å². The Morgan fingerprint density at radius 3 is 2.52 bits per heavy atom. The van der Waals surface area contributed by atoms with Crippen molar-refractivity contribution in [3.8, 4) is 0 Å². The van der Waals surface area contributed by atoms with E-state index in [0.717, 1.165) is 29.9 Å². The van der Waals surface area contributed by atoms with Crippen LogP contribution in [0.1, 0.15) is 29.7 Å². The van der Waals surface area contributed by atoms with Crippen LogP contribution >= 0.6 is 0 Å². The standard InChI is InChI=1S/C17H18N4O4/c1-11-10-13(20-8-2-3-9-20)6-4-12(11)5-7-14-15(21(24)25)16(22)19-17(23)18-14/h4-7,10H,2-3,8-9H2,1H3,(H2,18,19,22,23)/b7-5-. The highest BCUT2D eigenvalue weighted by atomic mass is 16.6. The van der Waals surface area contributed by atoms with Crippen molar-refractivity contribution >= 4 is 23.5 Å². The molecule has 2 heterocycles. The number of nitrogens with one attached hydrogen (secondary N) is 2. The molecule has 0 atom stereocenters. The Morgan fingerprint density at radius 1 is 1.16 bits per heavy atom. The van der Waals surface area contributed by atoms with E-state index in [1.54, 1.807) is 6.08 Å². The highest BCUT2D eigenvalue weighted by Gasteiger charge is 2.19. The van der Waals surface area contributed by atoms with Crippen molar-refractivity contribution in [1.82, 2.24) is 9.97 Å². The summed E-state index contributed by atoms with van der Waals surface area (Å²) in [4.78, 5) is 39.7. The first kappa shape index (κ1) is 16.7. The lowest BCUT2D eigenvalue weighted by molar-refractivity contribution is -0.386. The fourth-order valence-electron chi connectivity index (χ4n) is 2.99. The van der Waals surface area contributed by atoms with Crippen LogP contribution in [0, 0.1) is 17.0 Å². The summed E-state index contributed by atoms with van der Waals surface area (Å²) in [7, 11) is 0. The van der Waals surface area contributed by atoms with E-state index in [-0.39, 0.29) is 5.69 Å². The summed E-state index contributed by atoms with van der Waals surface area (Å²) in [6.45, 7) is 4.05. The number of rotatable bonds is 4. The second kappa shape index (κ2) is 6.76. The van der Waals surface area contributed by atoms with Crippen molar-refractivity contribution in [1.29, 1.82) is 0 Å². The maximum atomic E-state index is 11.6. The Bertz CT molecular complexity index is 952. The van der Waals surface area contributed by atoms with Crippen LogP contribution < -0.4 is 16.1 Å². The van der Waals surface area contributed by atoms with E-state index in [4.69, 9.17) is 0 Å². The summed E-state index contributed by atoms with van der Waals surface area (Å²) in [5.41, 5.74) is 0.423. The van der Waals surface area contributed by atoms with Gasteiger partial charge in [-0.1, -0.05) is 12.1 Å². The van der Waals surface area contributed by atoms with Gasteiger partial charge >= 0.3 is 16.9 Å². The number of hydrogen-bond acceptors (Lipinski definition) is 5. The maximum Gasteiger partial charge on any atom is 0.357 e. The molecular weight excluding hydrogens is 324 g/mol. The number of nitrogens with zero attached hydrogens (tertiary/aromatic N) is 2. The van der Waals surface area contributed by atoms with E-state index in [1.165, 1.54) is 18.9 Å². The fourth-order valence-corrected chi connectivity index (χ4v) is 2.99. The summed E-state index contributed by atoms with van der Waals surface area (Å²) in [5, 5.41) is 11.0. The van der Waals surface area contributed by atoms with Gasteiger partial charge in [-0.25, -0.2) is 4.79 Å². The van der Waals surface area contributed by atoms with Crippen LogP contribution in [-0.4, -0.2) is 28.0 Å². The predicted octanol–water partition coefficient (Wildman–Crippen LogP) is 2.05. The van der Waals surface area contributed by atoms with Gasteiger partial charge in [0.25, 0.3) is 0 Å². The number of nitro groups is 1. The average Bonchev–Trinajstić information content (AvgIpc) is 3.07. The molecule has 0 saturated carbocycles. The molecule has 0 spiro atoms. The van der Waals surface area contributed by atoms with E-state index >= 15 is 0 Å². The Morgan fingerprint density at radius 2 is 1.88 bits per heavy atom. The molecule has 1 aromatic carbocycles. The lowest BCUT2D eigenvalue weighted by atomic mass is 10.1. The average molecular weight is 342 g/mol. The number of aryl methyl sites for hydroxylation is 1. The predicted molar refractivity (Wildman–Crippen MR) is 95.9 cm³/mol. The van der Waals surface area contributed by atoms with Crippen LogP contribution in [0.2, 0.25) is 0 Å². The van der Waals surface area contributed by atoms with E-state index in [2.05, 4.69) is 16.0 Å². The summed E-state index contributed by atoms with van der Waals surface area (Å²) in [6, 6.07) is 6.00. The Kier molecular flexibility index (Phi) is 4.51. The molecule has 1 aliphatic rings. The molecule has 0 aliphatic carbocycles. The van der Waals surface area contributed by atoms with E-state index < -0.39 is 21.9 Å². The second-order valence-corrected chi connectivity index (χ2v) is 6.00. The second-order valence-electron chi connectivity index (χ2n) is 6.00. The molecule has 25 heavy (non-hydrogen) atoms. The molecule has 1 aliphatic heterocycles. The monoisotopic (exact) mass is 342 g/mol. The van der Waals surface area contributed by atoms with Crippen molar-refractivity contribution in [2.24, 2.45) is 0 Å². The molecule has 8 heteroatoms. The Labute approximate surface area is 143 Å². The van der Waals surface area contributed by atoms with Crippen molar-refractivity contribution in [3.63, 3.8) is 0 Å². The number of H-pyrrole nitrogens is 2. The SMILES string of the molecule is Cc1cc(N2CCCC2)ccc1/C=C\c1[nH]c(=O)[nH]c(=O)c1[N+](=O)[O-]. The normalized spacial score (nSPS) is 14.4. The minimum Gasteiger partial charge on any atom is -0.372 e. The van der Waals surface area contributed by atoms with Crippen molar-refractivity contribution in [2.75, 3.05) is 18.0 Å². The first-order chi connectivity index (χ1) is 12.0. The minimum atomic E-state index is -1.02. The van der Waals surface area contributed by atoms with Gasteiger partial charge < -0.3 is 9.88 Å². The Balaban J connectivity index is 1.94. The van der Waals surface area contributed by atoms with Gasteiger partial charge in [0.2, 0.25) is 0 Å². The Hall–Kier alpha value is -3.16. The quantitative estimate of drug-likeness (QED) is 0.652. The van der Waals surface area contributed by atoms with E-state index in [1.807, 2.05) is 24.0 Å². The number of aromatic nitrogens is 2. The number of aromatic amines is 2. The highest BCUT2D eigenvalue weighted by Crippen LogP contribution is 2.24. The molecule has 8 nitrogen and oxygen atoms in total. The van der Waals surface area contributed by atoms with Gasteiger partial charge in [-0.3, -0.25) is 19.9 Å². The molecular formula is C17H18N4O4. The number of hydrogen-bond donors (Lipinski definition) is 2. The van der Waals surface area contributed by atoms with E-state index in [0.29, 0.717) is 0 Å². The van der Waals surface area contributed by atoms with Crippen LogP contribution in [-0.2, 0) is 0 Å². The minimum absolute atomic E-state index is 0.123. The number of benzene rings is 1. The van der Waals surface area contributed by atoms with Crippen LogP contribution in [0.3, 0.4) is 0 Å². The van der Waals surface area contributed by atoms with Crippen molar-refractivity contribution in [2.45, 2.75) is 19.8 Å². The van der Waals surface area contributed by atoms with Gasteiger partial charge in [0.1, 0.15) is 5.69 Å². The first-order valence-electron chi connectivity index (χ1n) is 8.00. The first-order valence-corrected chi connectivity index (χ1v) is 8.00. The van der Waals surface area contributed by atoms with Crippen molar-refractivity contribution in [3.05, 3.63) is 66.0 Å². The van der Waals surface area contributed by atoms with Gasteiger partial charge in [0, 0.05) is 18.8 Å². The summed E-state index contributed by atoms with van der Waals surface area (Å²) >= 11 is 0. The summed E-state index contributed by atoms with van der Waals surface area (Å²) in [5.74, 6) is 0. The smallest absolute Gasteiger partial charge is 0.357 e. The molecule has 1 fully saturated rings. The van der Waals surface area contributed by atoms with Crippen LogP contribution in [0.25, 0.3) is 12.2 Å². The zero-order chi connectivity index (χ0) is 18.0. The van der Waals surface area contributed by atoms with Crippen LogP contribution in [0.5, 0.6) is 0 Å². The molecule has 130 valence electrons. The van der Waals surface area contributed by atoms with Gasteiger partial charge in [-0.15, -0.1) is 0 Å². The van der Waals surface area contributed by atoms with Crippen molar-refractivity contribution < 1.29 is 4.92 Å². The largest absolute Gasteiger partial charge is 0.372 e. The zero-order valence-electron chi connectivity index (χ0n) is 13.7. The molecule has 1 saturated heterocycles. The molecule has 1 aromatic heterocycles. The van der Waals surface area contributed by atoms with Gasteiger partial charge in [-0.05, 0) is 49.1 Å². The lowest BCUT2D eigenvalue weighted by Gasteiger charge is -2.18. The summed E-state index contributed by atoms with van der Waals surface area (Å²) in [6.07, 6.45) is 5.42. The van der Waals surface area contributed by atoms with Crippen LogP contribution in [0.4, 0.5) is 11.4 Å². The third-order valence-corrected chi connectivity index (χ3v) is 4.28. The highest BCUT2D eigenvalue weighted by molar-refractivity contribution is 5.74. The molecule has 2 N–H and O–H groups in total. The molecule has 0 radical (unpaired) electrons. The van der Waals surface area contributed by atoms with Crippen LogP contribution in [0.15, 0.2) is 27.8 Å². The number of anilines is 1. The van der Waals surface area contributed by atoms with E-state index in [9.17, 15) is 19.7 Å². The van der Waals surface area contributed by atoms with Gasteiger partial charge in [0.15, 0.2) is 0 Å². The lowest BCUT2D eigenvalue weighted by Crippen LogP contribution is -2.25. The third-order valence-electron chi connectivity index (χ3n) is 4.28. The van der Waals surface area contributed by atoms with Gasteiger partial charge in [0.05, 0.1) is 4.92 Å². The molecule has 0 amide bonds. The topological polar surface area (TPSA) is 112 Å².